The van der Waals surface area contributed by atoms with E-state index in [1.54, 1.807) is 17.0 Å². The molecule has 0 bridgehead atoms. The molecule has 1 fully saturated rings. The van der Waals surface area contributed by atoms with Crippen LogP contribution in [0.15, 0.2) is 12.1 Å². The van der Waals surface area contributed by atoms with Crippen LogP contribution < -0.4 is 19.5 Å². The highest BCUT2D eigenvalue weighted by atomic mass is 16.5. The fourth-order valence-corrected chi connectivity index (χ4v) is 2.41. The van der Waals surface area contributed by atoms with E-state index >= 15 is 0 Å². The number of ether oxygens (including phenoxy) is 4. The molecule has 0 atom stereocenters. The largest absolute Gasteiger partial charge is 0.493 e. The molecule has 1 aliphatic rings. The fraction of sp³-hybridized carbons (Fsp3) is 0.500. The summed E-state index contributed by atoms with van der Waals surface area (Å²) in [6.45, 7) is 1.95. The normalized spacial score (nSPS) is 14.3. The van der Waals surface area contributed by atoms with Gasteiger partial charge < -0.3 is 29.2 Å². The Balaban J connectivity index is 2.00. The molecule has 2 rings (SSSR count). The highest BCUT2D eigenvalue weighted by molar-refractivity contribution is 5.95. The molecule has 1 N–H and O–H groups in total. The Bertz CT molecular complexity index is 579. The Labute approximate surface area is 140 Å². The molecule has 1 heterocycles. The number of carbonyl (C=O) groups excluding carboxylic acids is 2. The van der Waals surface area contributed by atoms with E-state index in [1.807, 2.05) is 0 Å². The lowest BCUT2D eigenvalue weighted by Crippen LogP contribution is -2.45. The van der Waals surface area contributed by atoms with Crippen LogP contribution in [0, 0.1) is 0 Å². The van der Waals surface area contributed by atoms with Crippen LogP contribution in [0.2, 0.25) is 0 Å². The SMILES string of the molecule is COc1cc(C(=O)NCCN2CCOCC2=O)cc(OC)c1OC. The molecule has 0 aliphatic carbocycles. The molecule has 0 spiro atoms. The van der Waals surface area contributed by atoms with Gasteiger partial charge in [0.1, 0.15) is 6.61 Å². The smallest absolute Gasteiger partial charge is 0.251 e. The fourth-order valence-electron chi connectivity index (χ4n) is 2.41. The van der Waals surface area contributed by atoms with Crippen molar-refractivity contribution >= 4 is 11.8 Å². The third-order valence-corrected chi connectivity index (χ3v) is 3.68. The molecule has 0 aromatic heterocycles. The second kappa shape index (κ2) is 8.39. The maximum absolute atomic E-state index is 12.3. The lowest BCUT2D eigenvalue weighted by atomic mass is 10.1. The van der Waals surface area contributed by atoms with E-state index in [2.05, 4.69) is 5.32 Å². The third kappa shape index (κ3) is 4.08. The molecule has 1 saturated heterocycles. The van der Waals surface area contributed by atoms with E-state index in [4.69, 9.17) is 18.9 Å². The molecule has 0 saturated carbocycles. The van der Waals surface area contributed by atoms with Gasteiger partial charge in [-0.05, 0) is 12.1 Å². The number of methoxy groups -OCH3 is 3. The maximum Gasteiger partial charge on any atom is 0.251 e. The minimum Gasteiger partial charge on any atom is -0.493 e. The molecule has 2 amide bonds. The monoisotopic (exact) mass is 338 g/mol. The van der Waals surface area contributed by atoms with Crippen LogP contribution in [0.5, 0.6) is 17.2 Å². The Morgan fingerprint density at radius 3 is 2.42 bits per heavy atom. The predicted molar refractivity (Wildman–Crippen MR) is 85.8 cm³/mol. The first kappa shape index (κ1) is 17.9. The van der Waals surface area contributed by atoms with Crippen molar-refractivity contribution in [3.05, 3.63) is 17.7 Å². The van der Waals surface area contributed by atoms with E-state index in [0.29, 0.717) is 49.1 Å². The third-order valence-electron chi connectivity index (χ3n) is 3.68. The molecule has 1 aromatic carbocycles. The van der Waals surface area contributed by atoms with Gasteiger partial charge in [-0.3, -0.25) is 9.59 Å². The van der Waals surface area contributed by atoms with Gasteiger partial charge in [-0.15, -0.1) is 0 Å². The van der Waals surface area contributed by atoms with Crippen molar-refractivity contribution in [1.82, 2.24) is 10.2 Å². The lowest BCUT2D eigenvalue weighted by Gasteiger charge is -2.26. The first-order valence-corrected chi connectivity index (χ1v) is 7.54. The highest BCUT2D eigenvalue weighted by Crippen LogP contribution is 2.38. The summed E-state index contributed by atoms with van der Waals surface area (Å²) in [5, 5.41) is 2.78. The number of nitrogens with one attached hydrogen (secondary N) is 1. The van der Waals surface area contributed by atoms with Crippen molar-refractivity contribution in [2.45, 2.75) is 0 Å². The molecule has 0 radical (unpaired) electrons. The first-order chi connectivity index (χ1) is 11.6. The zero-order chi connectivity index (χ0) is 17.5. The zero-order valence-electron chi connectivity index (χ0n) is 14.1. The van der Waals surface area contributed by atoms with Crippen LogP contribution in [-0.2, 0) is 9.53 Å². The van der Waals surface area contributed by atoms with E-state index in [0.717, 1.165) is 0 Å². The molecule has 1 aromatic rings. The number of amides is 2. The van der Waals surface area contributed by atoms with Gasteiger partial charge in [-0.2, -0.15) is 0 Å². The number of benzene rings is 1. The number of carbonyl (C=O) groups is 2. The molecule has 1 aliphatic heterocycles. The second-order valence-electron chi connectivity index (χ2n) is 5.10. The van der Waals surface area contributed by atoms with Crippen LogP contribution in [0.1, 0.15) is 10.4 Å². The Morgan fingerprint density at radius 1 is 1.21 bits per heavy atom. The Kier molecular flexibility index (Phi) is 6.25. The van der Waals surface area contributed by atoms with Gasteiger partial charge >= 0.3 is 0 Å². The van der Waals surface area contributed by atoms with Gasteiger partial charge in [0.05, 0.1) is 27.9 Å². The van der Waals surface area contributed by atoms with Gasteiger partial charge in [-0.1, -0.05) is 0 Å². The molecule has 132 valence electrons. The van der Waals surface area contributed by atoms with Crippen molar-refractivity contribution in [3.63, 3.8) is 0 Å². The summed E-state index contributed by atoms with van der Waals surface area (Å²) < 4.78 is 20.8. The molecule has 0 unspecified atom stereocenters. The van der Waals surface area contributed by atoms with Gasteiger partial charge in [0.25, 0.3) is 5.91 Å². The van der Waals surface area contributed by atoms with Crippen LogP contribution in [0.3, 0.4) is 0 Å². The highest BCUT2D eigenvalue weighted by Gasteiger charge is 2.19. The molecule has 8 nitrogen and oxygen atoms in total. The summed E-state index contributed by atoms with van der Waals surface area (Å²) in [7, 11) is 4.48. The summed E-state index contributed by atoms with van der Waals surface area (Å²) in [6.07, 6.45) is 0. The van der Waals surface area contributed by atoms with Gasteiger partial charge in [0.2, 0.25) is 11.7 Å². The van der Waals surface area contributed by atoms with Crippen molar-refractivity contribution < 1.29 is 28.5 Å². The van der Waals surface area contributed by atoms with Crippen molar-refractivity contribution in [3.8, 4) is 17.2 Å². The maximum atomic E-state index is 12.3. The summed E-state index contributed by atoms with van der Waals surface area (Å²) in [5.41, 5.74) is 0.387. The standard InChI is InChI=1S/C16H22N2O6/c1-21-12-8-11(9-13(22-2)15(12)23-3)16(20)17-4-5-18-6-7-24-10-14(18)19/h8-9H,4-7,10H2,1-3H3,(H,17,20). The van der Waals surface area contributed by atoms with Crippen molar-refractivity contribution in [1.29, 1.82) is 0 Å². The van der Waals surface area contributed by atoms with Crippen LogP contribution in [0.25, 0.3) is 0 Å². The molecule has 24 heavy (non-hydrogen) atoms. The topological polar surface area (TPSA) is 86.3 Å². The number of rotatable bonds is 7. The average Bonchev–Trinajstić information content (AvgIpc) is 2.61. The molecular weight excluding hydrogens is 316 g/mol. The van der Waals surface area contributed by atoms with Gasteiger partial charge in [0.15, 0.2) is 11.5 Å². The summed E-state index contributed by atoms with van der Waals surface area (Å²) in [6, 6.07) is 3.16. The van der Waals surface area contributed by atoms with E-state index < -0.39 is 0 Å². The minimum absolute atomic E-state index is 0.0664. The van der Waals surface area contributed by atoms with E-state index in [-0.39, 0.29) is 18.4 Å². The molecular formula is C16H22N2O6. The van der Waals surface area contributed by atoms with E-state index in [1.165, 1.54) is 21.3 Å². The zero-order valence-corrected chi connectivity index (χ0v) is 14.1. The quantitative estimate of drug-likeness (QED) is 0.770. The summed E-state index contributed by atoms with van der Waals surface area (Å²) in [4.78, 5) is 25.6. The Morgan fingerprint density at radius 2 is 1.88 bits per heavy atom. The van der Waals surface area contributed by atoms with Gasteiger partial charge in [-0.25, -0.2) is 0 Å². The summed E-state index contributed by atoms with van der Waals surface area (Å²) >= 11 is 0. The van der Waals surface area contributed by atoms with Crippen LogP contribution in [-0.4, -0.2) is 70.9 Å². The number of nitrogens with zero attached hydrogens (tertiary/aromatic N) is 1. The molecule has 8 heteroatoms. The number of morpholine rings is 1. The lowest BCUT2D eigenvalue weighted by molar-refractivity contribution is -0.142. The second-order valence-corrected chi connectivity index (χ2v) is 5.10. The average molecular weight is 338 g/mol. The van der Waals surface area contributed by atoms with Gasteiger partial charge in [0, 0.05) is 25.2 Å². The Hall–Kier alpha value is -2.48. The number of hydrogen-bond acceptors (Lipinski definition) is 6. The number of hydrogen-bond donors (Lipinski definition) is 1. The predicted octanol–water partition coefficient (Wildman–Crippen LogP) is 0.301. The van der Waals surface area contributed by atoms with E-state index in [9.17, 15) is 9.59 Å². The van der Waals surface area contributed by atoms with Crippen LogP contribution >= 0.6 is 0 Å². The van der Waals surface area contributed by atoms with Crippen molar-refractivity contribution in [2.75, 3.05) is 54.2 Å². The minimum atomic E-state index is -0.282. The van der Waals surface area contributed by atoms with Crippen LogP contribution in [0.4, 0.5) is 0 Å². The first-order valence-electron chi connectivity index (χ1n) is 7.54. The summed E-state index contributed by atoms with van der Waals surface area (Å²) in [5.74, 6) is 0.893. The van der Waals surface area contributed by atoms with Crippen molar-refractivity contribution in [2.24, 2.45) is 0 Å².